The molecule has 5 heteroatoms. The second-order valence-corrected chi connectivity index (χ2v) is 5.64. The molecule has 0 aliphatic carbocycles. The first-order valence-corrected chi connectivity index (χ1v) is 7.47. The van der Waals surface area contributed by atoms with Crippen molar-refractivity contribution in [2.24, 2.45) is 0 Å². The Bertz CT molecular complexity index is 504. The first kappa shape index (κ1) is 14.5. The average molecular weight is 290 g/mol. The summed E-state index contributed by atoms with van der Waals surface area (Å²) in [4.78, 5) is 14.6. The number of hydrogen-bond donors (Lipinski definition) is 1. The molecule has 2 heterocycles. The van der Waals surface area contributed by atoms with Gasteiger partial charge in [-0.1, -0.05) is 24.3 Å². The summed E-state index contributed by atoms with van der Waals surface area (Å²) in [6, 6.07) is 8.19. The summed E-state index contributed by atoms with van der Waals surface area (Å²) in [5.41, 5.74) is 2.57. The van der Waals surface area contributed by atoms with Crippen LogP contribution in [0.1, 0.15) is 11.1 Å². The molecule has 1 aromatic carbocycles. The lowest BCUT2D eigenvalue weighted by Gasteiger charge is -2.36. The Morgan fingerprint density at radius 2 is 2.24 bits per heavy atom. The first-order valence-electron chi connectivity index (χ1n) is 7.47. The molecule has 1 amide bonds. The van der Waals surface area contributed by atoms with Crippen molar-refractivity contribution in [1.29, 1.82) is 0 Å². The summed E-state index contributed by atoms with van der Waals surface area (Å²) in [6.07, 6.45) is 0.755. The first-order chi connectivity index (χ1) is 10.3. The van der Waals surface area contributed by atoms with Gasteiger partial charge in [0.1, 0.15) is 0 Å². The average Bonchev–Trinajstić information content (AvgIpc) is 2.54. The Morgan fingerprint density at radius 1 is 1.43 bits per heavy atom. The van der Waals surface area contributed by atoms with Gasteiger partial charge in [-0.3, -0.25) is 4.79 Å². The van der Waals surface area contributed by atoms with E-state index in [9.17, 15) is 4.79 Å². The van der Waals surface area contributed by atoms with E-state index >= 15 is 0 Å². The standard InChI is InChI=1S/C16H22N2O3/c1-20-11-14-10-18(6-7-21-14)16(19)15-8-12-4-2-3-5-13(12)9-17-15/h2-5,14-15,17H,6-11H2,1H3/t14-,15-/m1/s1. The molecule has 0 radical (unpaired) electrons. The zero-order valence-electron chi connectivity index (χ0n) is 12.4. The normalized spacial score (nSPS) is 25.5. The van der Waals surface area contributed by atoms with E-state index in [0.717, 1.165) is 13.0 Å². The van der Waals surface area contributed by atoms with Crippen molar-refractivity contribution < 1.29 is 14.3 Å². The molecule has 1 fully saturated rings. The summed E-state index contributed by atoms with van der Waals surface area (Å²) < 4.78 is 10.7. The third-order valence-electron chi connectivity index (χ3n) is 4.18. The SMILES string of the molecule is COC[C@H]1CN(C(=O)[C@H]2Cc3ccccc3CN2)CCO1. The van der Waals surface area contributed by atoms with Crippen LogP contribution in [-0.2, 0) is 27.2 Å². The molecule has 2 aliphatic heterocycles. The molecule has 1 saturated heterocycles. The number of fused-ring (bicyclic) bond motifs is 1. The molecule has 0 unspecified atom stereocenters. The highest BCUT2D eigenvalue weighted by atomic mass is 16.5. The van der Waals surface area contributed by atoms with E-state index < -0.39 is 0 Å². The predicted molar refractivity (Wildman–Crippen MR) is 79.0 cm³/mol. The van der Waals surface area contributed by atoms with Gasteiger partial charge in [-0.2, -0.15) is 0 Å². The lowest BCUT2D eigenvalue weighted by molar-refractivity contribution is -0.143. The highest BCUT2D eigenvalue weighted by Gasteiger charge is 2.31. The van der Waals surface area contributed by atoms with E-state index in [4.69, 9.17) is 9.47 Å². The Hall–Kier alpha value is -1.43. The fourth-order valence-electron chi connectivity index (χ4n) is 3.06. The van der Waals surface area contributed by atoms with E-state index in [0.29, 0.717) is 26.3 Å². The lowest BCUT2D eigenvalue weighted by atomic mass is 9.95. The van der Waals surface area contributed by atoms with E-state index in [1.165, 1.54) is 11.1 Å². The number of morpholine rings is 1. The number of benzene rings is 1. The van der Waals surface area contributed by atoms with Gasteiger partial charge in [0, 0.05) is 26.7 Å². The van der Waals surface area contributed by atoms with Crippen LogP contribution >= 0.6 is 0 Å². The molecule has 1 N–H and O–H groups in total. The number of hydrogen-bond acceptors (Lipinski definition) is 4. The second-order valence-electron chi connectivity index (χ2n) is 5.64. The minimum atomic E-state index is -0.124. The van der Waals surface area contributed by atoms with Crippen molar-refractivity contribution >= 4 is 5.91 Å². The van der Waals surface area contributed by atoms with Crippen LogP contribution in [-0.4, -0.2) is 56.4 Å². The molecule has 2 aliphatic rings. The number of methoxy groups -OCH3 is 1. The van der Waals surface area contributed by atoms with Crippen LogP contribution in [0.4, 0.5) is 0 Å². The van der Waals surface area contributed by atoms with Crippen molar-refractivity contribution in [2.75, 3.05) is 33.4 Å². The van der Waals surface area contributed by atoms with E-state index in [2.05, 4.69) is 17.4 Å². The van der Waals surface area contributed by atoms with Gasteiger partial charge in [0.15, 0.2) is 0 Å². The van der Waals surface area contributed by atoms with Crippen LogP contribution < -0.4 is 5.32 Å². The van der Waals surface area contributed by atoms with E-state index in [1.54, 1.807) is 7.11 Å². The molecular formula is C16H22N2O3. The van der Waals surface area contributed by atoms with Gasteiger partial charge in [0.2, 0.25) is 5.91 Å². The zero-order valence-corrected chi connectivity index (χ0v) is 12.4. The molecule has 21 heavy (non-hydrogen) atoms. The fourth-order valence-corrected chi connectivity index (χ4v) is 3.06. The minimum absolute atomic E-state index is 0.0106. The van der Waals surface area contributed by atoms with Gasteiger partial charge in [0.25, 0.3) is 0 Å². The van der Waals surface area contributed by atoms with Crippen molar-refractivity contribution in [3.05, 3.63) is 35.4 Å². The third kappa shape index (κ3) is 3.26. The Morgan fingerprint density at radius 3 is 3.05 bits per heavy atom. The van der Waals surface area contributed by atoms with Crippen LogP contribution in [0.2, 0.25) is 0 Å². The number of amides is 1. The molecule has 0 bridgehead atoms. The number of rotatable bonds is 3. The van der Waals surface area contributed by atoms with Gasteiger partial charge >= 0.3 is 0 Å². The van der Waals surface area contributed by atoms with Gasteiger partial charge in [0.05, 0.1) is 25.4 Å². The van der Waals surface area contributed by atoms with Crippen molar-refractivity contribution in [1.82, 2.24) is 10.2 Å². The van der Waals surface area contributed by atoms with Crippen molar-refractivity contribution in [3.8, 4) is 0 Å². The monoisotopic (exact) mass is 290 g/mol. The van der Waals surface area contributed by atoms with E-state index in [-0.39, 0.29) is 18.1 Å². The maximum absolute atomic E-state index is 12.7. The van der Waals surface area contributed by atoms with Crippen LogP contribution in [0, 0.1) is 0 Å². The van der Waals surface area contributed by atoms with Crippen LogP contribution in [0.5, 0.6) is 0 Å². The van der Waals surface area contributed by atoms with Gasteiger partial charge in [-0.25, -0.2) is 0 Å². The minimum Gasteiger partial charge on any atom is -0.382 e. The topological polar surface area (TPSA) is 50.8 Å². The molecule has 0 aromatic heterocycles. The molecule has 1 aromatic rings. The Kier molecular flexibility index (Phi) is 4.53. The smallest absolute Gasteiger partial charge is 0.240 e. The van der Waals surface area contributed by atoms with Crippen LogP contribution in [0.15, 0.2) is 24.3 Å². The maximum atomic E-state index is 12.7. The molecule has 3 rings (SSSR count). The summed E-state index contributed by atoms with van der Waals surface area (Å²) >= 11 is 0. The molecule has 2 atom stereocenters. The molecule has 5 nitrogen and oxygen atoms in total. The summed E-state index contributed by atoms with van der Waals surface area (Å²) in [7, 11) is 1.66. The van der Waals surface area contributed by atoms with Gasteiger partial charge in [-0.15, -0.1) is 0 Å². The molecular weight excluding hydrogens is 268 g/mol. The van der Waals surface area contributed by atoms with Crippen LogP contribution in [0.3, 0.4) is 0 Å². The van der Waals surface area contributed by atoms with Gasteiger partial charge in [-0.05, 0) is 17.5 Å². The molecule has 114 valence electrons. The lowest BCUT2D eigenvalue weighted by Crippen LogP contribution is -2.54. The predicted octanol–water partition coefficient (Wildman–Crippen LogP) is 0.575. The van der Waals surface area contributed by atoms with Crippen molar-refractivity contribution in [2.45, 2.75) is 25.1 Å². The van der Waals surface area contributed by atoms with E-state index in [1.807, 2.05) is 17.0 Å². The zero-order chi connectivity index (χ0) is 14.7. The number of nitrogens with zero attached hydrogens (tertiary/aromatic N) is 1. The highest BCUT2D eigenvalue weighted by Crippen LogP contribution is 2.18. The summed E-state index contributed by atoms with van der Waals surface area (Å²) in [5.74, 6) is 0.175. The summed E-state index contributed by atoms with van der Waals surface area (Å²) in [5, 5.41) is 3.36. The highest BCUT2D eigenvalue weighted by molar-refractivity contribution is 5.82. The van der Waals surface area contributed by atoms with Crippen LogP contribution in [0.25, 0.3) is 0 Å². The third-order valence-corrected chi connectivity index (χ3v) is 4.18. The molecule has 0 spiro atoms. The molecule has 0 saturated carbocycles. The number of carbonyl (C=O) groups excluding carboxylic acids is 1. The number of nitrogens with one attached hydrogen (secondary N) is 1. The van der Waals surface area contributed by atoms with Gasteiger partial charge < -0.3 is 19.7 Å². The quantitative estimate of drug-likeness (QED) is 0.884. The number of carbonyl (C=O) groups is 1. The summed E-state index contributed by atoms with van der Waals surface area (Å²) in [6.45, 7) is 3.16. The Balaban J connectivity index is 1.63. The number of ether oxygens (including phenoxy) is 2. The fraction of sp³-hybridized carbons (Fsp3) is 0.562. The van der Waals surface area contributed by atoms with Crippen molar-refractivity contribution in [3.63, 3.8) is 0 Å². The largest absolute Gasteiger partial charge is 0.382 e. The Labute approximate surface area is 125 Å². The maximum Gasteiger partial charge on any atom is 0.240 e. The second kappa shape index (κ2) is 6.56.